The first-order valence-electron chi connectivity index (χ1n) is 8.85. The topological polar surface area (TPSA) is 37.8 Å². The highest BCUT2D eigenvalue weighted by Crippen LogP contribution is 2.35. The van der Waals surface area contributed by atoms with Crippen molar-refractivity contribution in [3.8, 4) is 0 Å². The Hall–Kier alpha value is -1.94. The molecule has 0 amide bonds. The minimum atomic E-state index is 0.530. The third-order valence-electron chi connectivity index (χ3n) is 4.91. The van der Waals surface area contributed by atoms with Crippen molar-refractivity contribution in [2.75, 3.05) is 5.32 Å². The first-order chi connectivity index (χ1) is 11.8. The van der Waals surface area contributed by atoms with Gasteiger partial charge in [-0.2, -0.15) is 0 Å². The Morgan fingerprint density at radius 2 is 1.88 bits per heavy atom. The Bertz CT molecular complexity index is 820. The van der Waals surface area contributed by atoms with E-state index >= 15 is 0 Å². The summed E-state index contributed by atoms with van der Waals surface area (Å²) in [5.74, 6) is 2.57. The van der Waals surface area contributed by atoms with Gasteiger partial charge < -0.3 is 5.32 Å². The van der Waals surface area contributed by atoms with Gasteiger partial charge in [0.05, 0.1) is 5.39 Å². The van der Waals surface area contributed by atoms with Crippen LogP contribution >= 0.6 is 11.3 Å². The molecule has 1 aromatic carbocycles. The van der Waals surface area contributed by atoms with Crippen LogP contribution in [0.25, 0.3) is 10.2 Å². The second kappa shape index (κ2) is 6.89. The fraction of sp³-hybridized carbons (Fsp3) is 0.400. The lowest BCUT2D eigenvalue weighted by atomic mass is 9.88. The maximum atomic E-state index is 4.96. The number of fused-ring (bicyclic) bond motifs is 1. The summed E-state index contributed by atoms with van der Waals surface area (Å²) in [7, 11) is 0. The Kier molecular flexibility index (Phi) is 4.48. The minimum Gasteiger partial charge on any atom is -0.365 e. The molecule has 24 heavy (non-hydrogen) atoms. The van der Waals surface area contributed by atoms with Crippen LogP contribution in [0.5, 0.6) is 0 Å². The lowest BCUT2D eigenvalue weighted by Gasteiger charge is -2.21. The van der Waals surface area contributed by atoms with Crippen LogP contribution in [0.3, 0.4) is 0 Å². The minimum absolute atomic E-state index is 0.530. The summed E-state index contributed by atoms with van der Waals surface area (Å²) in [6.45, 7) is 2.95. The molecule has 1 aliphatic rings. The standard InChI is InChI=1S/C20H23N3S/c1-14-13-24-20-17(14)19(21-12-15-8-4-2-5-9-15)22-18(23-20)16-10-6-3-7-11-16/h2,4-5,8-9,13,16H,3,6-7,10-12H2,1H3,(H,21,22,23). The van der Waals surface area contributed by atoms with Crippen molar-refractivity contribution in [1.82, 2.24) is 9.97 Å². The highest BCUT2D eigenvalue weighted by molar-refractivity contribution is 7.17. The summed E-state index contributed by atoms with van der Waals surface area (Å²) in [5.41, 5.74) is 2.54. The Morgan fingerprint density at radius 1 is 1.08 bits per heavy atom. The third kappa shape index (κ3) is 3.16. The molecule has 4 rings (SSSR count). The quantitative estimate of drug-likeness (QED) is 0.667. The summed E-state index contributed by atoms with van der Waals surface area (Å²) in [5, 5.41) is 6.95. The molecule has 0 saturated heterocycles. The molecule has 0 bridgehead atoms. The first-order valence-corrected chi connectivity index (χ1v) is 9.73. The summed E-state index contributed by atoms with van der Waals surface area (Å²) >= 11 is 1.74. The Labute approximate surface area is 147 Å². The van der Waals surface area contributed by atoms with E-state index in [4.69, 9.17) is 9.97 Å². The summed E-state index contributed by atoms with van der Waals surface area (Å²) in [6, 6.07) is 10.5. The molecular formula is C20H23N3S. The van der Waals surface area contributed by atoms with Crippen LogP contribution in [-0.4, -0.2) is 9.97 Å². The molecule has 0 unspecified atom stereocenters. The summed E-state index contributed by atoms with van der Waals surface area (Å²) in [4.78, 5) is 11.0. The fourth-order valence-electron chi connectivity index (χ4n) is 3.55. The van der Waals surface area contributed by atoms with Gasteiger partial charge in [-0.1, -0.05) is 49.6 Å². The zero-order valence-corrected chi connectivity index (χ0v) is 14.9. The molecule has 1 saturated carbocycles. The molecule has 4 heteroatoms. The van der Waals surface area contributed by atoms with Crippen molar-refractivity contribution in [3.63, 3.8) is 0 Å². The maximum absolute atomic E-state index is 4.96. The molecule has 1 N–H and O–H groups in total. The monoisotopic (exact) mass is 337 g/mol. The number of nitrogens with one attached hydrogen (secondary N) is 1. The Balaban J connectivity index is 1.67. The lowest BCUT2D eigenvalue weighted by molar-refractivity contribution is 0.430. The second-order valence-electron chi connectivity index (χ2n) is 6.70. The number of anilines is 1. The SMILES string of the molecule is Cc1csc2nc(C3CCCCC3)nc(NCc3ccccc3)c12. The average Bonchev–Trinajstić information content (AvgIpc) is 3.02. The molecule has 124 valence electrons. The van der Waals surface area contributed by atoms with E-state index in [1.807, 2.05) is 0 Å². The molecule has 2 heterocycles. The summed E-state index contributed by atoms with van der Waals surface area (Å²) < 4.78 is 0. The van der Waals surface area contributed by atoms with Gasteiger partial charge in [-0.15, -0.1) is 11.3 Å². The van der Waals surface area contributed by atoms with E-state index in [0.717, 1.165) is 23.0 Å². The van der Waals surface area contributed by atoms with Crippen LogP contribution in [0.15, 0.2) is 35.7 Å². The van der Waals surface area contributed by atoms with Gasteiger partial charge in [-0.05, 0) is 36.3 Å². The van der Waals surface area contributed by atoms with Crippen molar-refractivity contribution < 1.29 is 0 Å². The second-order valence-corrected chi connectivity index (χ2v) is 7.56. The molecule has 3 nitrogen and oxygen atoms in total. The van der Waals surface area contributed by atoms with E-state index < -0.39 is 0 Å². The Morgan fingerprint density at radius 3 is 2.67 bits per heavy atom. The number of rotatable bonds is 4. The molecule has 0 radical (unpaired) electrons. The molecule has 1 aliphatic carbocycles. The fourth-order valence-corrected chi connectivity index (χ4v) is 4.48. The highest BCUT2D eigenvalue weighted by Gasteiger charge is 2.21. The van der Waals surface area contributed by atoms with E-state index in [1.54, 1.807) is 11.3 Å². The van der Waals surface area contributed by atoms with E-state index in [-0.39, 0.29) is 0 Å². The number of nitrogens with zero attached hydrogens (tertiary/aromatic N) is 2. The van der Waals surface area contributed by atoms with Gasteiger partial charge in [0.15, 0.2) is 0 Å². The molecule has 0 aliphatic heterocycles. The van der Waals surface area contributed by atoms with Crippen LogP contribution in [0.4, 0.5) is 5.82 Å². The van der Waals surface area contributed by atoms with E-state index in [2.05, 4.69) is 48.0 Å². The number of aryl methyl sites for hydroxylation is 1. The molecule has 0 atom stereocenters. The smallest absolute Gasteiger partial charge is 0.139 e. The van der Waals surface area contributed by atoms with Crippen molar-refractivity contribution >= 4 is 27.4 Å². The van der Waals surface area contributed by atoms with Crippen molar-refractivity contribution in [2.24, 2.45) is 0 Å². The first kappa shape index (κ1) is 15.6. The van der Waals surface area contributed by atoms with Crippen LogP contribution in [0.1, 0.15) is 55.0 Å². The van der Waals surface area contributed by atoms with E-state index in [9.17, 15) is 0 Å². The van der Waals surface area contributed by atoms with Crippen molar-refractivity contribution in [3.05, 3.63) is 52.7 Å². The predicted molar refractivity (Wildman–Crippen MR) is 102 cm³/mol. The lowest BCUT2D eigenvalue weighted by Crippen LogP contribution is -2.11. The van der Waals surface area contributed by atoms with Crippen LogP contribution in [-0.2, 0) is 6.54 Å². The van der Waals surface area contributed by atoms with Gasteiger partial charge >= 0.3 is 0 Å². The van der Waals surface area contributed by atoms with Gasteiger partial charge in [-0.3, -0.25) is 0 Å². The van der Waals surface area contributed by atoms with Crippen LogP contribution in [0, 0.1) is 6.92 Å². The largest absolute Gasteiger partial charge is 0.365 e. The summed E-state index contributed by atoms with van der Waals surface area (Å²) in [6.07, 6.45) is 6.43. The zero-order chi connectivity index (χ0) is 16.4. The van der Waals surface area contributed by atoms with E-state index in [0.29, 0.717) is 5.92 Å². The molecule has 2 aromatic heterocycles. The van der Waals surface area contributed by atoms with Gasteiger partial charge in [0.1, 0.15) is 16.5 Å². The highest BCUT2D eigenvalue weighted by atomic mass is 32.1. The number of benzene rings is 1. The van der Waals surface area contributed by atoms with Crippen molar-refractivity contribution in [1.29, 1.82) is 0 Å². The van der Waals surface area contributed by atoms with Gasteiger partial charge in [0, 0.05) is 12.5 Å². The molecule has 1 fully saturated rings. The molecule has 3 aromatic rings. The van der Waals surface area contributed by atoms with Crippen LogP contribution in [0.2, 0.25) is 0 Å². The maximum Gasteiger partial charge on any atom is 0.139 e. The third-order valence-corrected chi connectivity index (χ3v) is 5.90. The van der Waals surface area contributed by atoms with Crippen molar-refractivity contribution in [2.45, 2.75) is 51.5 Å². The van der Waals surface area contributed by atoms with Gasteiger partial charge in [-0.25, -0.2) is 9.97 Å². The average molecular weight is 337 g/mol. The molecular weight excluding hydrogens is 314 g/mol. The number of hydrogen-bond acceptors (Lipinski definition) is 4. The number of thiophene rings is 1. The number of aromatic nitrogens is 2. The number of hydrogen-bond donors (Lipinski definition) is 1. The van der Waals surface area contributed by atoms with Gasteiger partial charge in [0.25, 0.3) is 0 Å². The normalized spacial score (nSPS) is 15.7. The zero-order valence-electron chi connectivity index (χ0n) is 14.1. The van der Waals surface area contributed by atoms with Gasteiger partial charge in [0.2, 0.25) is 0 Å². The predicted octanol–water partition coefficient (Wildman–Crippen LogP) is 5.66. The van der Waals surface area contributed by atoms with E-state index in [1.165, 1.54) is 48.6 Å². The molecule has 0 spiro atoms. The van der Waals surface area contributed by atoms with Crippen LogP contribution < -0.4 is 5.32 Å².